The van der Waals surface area contributed by atoms with Crippen molar-refractivity contribution in [2.75, 3.05) is 0 Å². The lowest BCUT2D eigenvalue weighted by Gasteiger charge is -2.04. The first-order valence-corrected chi connectivity index (χ1v) is 25.1. The Bertz CT molecular complexity index is 783. The molecule has 6 nitrogen and oxygen atoms in total. The average Bonchev–Trinajstić information content (AvgIpc) is 3.19. The molecule has 0 fully saturated rings. The predicted octanol–water partition coefficient (Wildman–Crippen LogP) is 16.8. The maximum Gasteiger partial charge on any atom is 0.132 e. The molecule has 6 heteroatoms. The van der Waals surface area contributed by atoms with E-state index in [-0.39, 0.29) is 35.5 Å². The highest BCUT2D eigenvalue weighted by molar-refractivity contribution is 5.79. The van der Waals surface area contributed by atoms with E-state index >= 15 is 0 Å². The largest absolute Gasteiger partial charge is 0.300 e. The fraction of sp³-hybridized carbons (Fsp3) is 0.889. The molecule has 0 bridgehead atoms. The van der Waals surface area contributed by atoms with Crippen LogP contribution in [0.4, 0.5) is 0 Å². The summed E-state index contributed by atoms with van der Waals surface area (Å²) in [5, 5.41) is 0. The maximum atomic E-state index is 10.7. The van der Waals surface area contributed by atoms with Gasteiger partial charge in [0.2, 0.25) is 0 Å². The van der Waals surface area contributed by atoms with E-state index in [2.05, 4.69) is 41.5 Å². The summed E-state index contributed by atoms with van der Waals surface area (Å²) in [5.74, 6) is 3.68. The van der Waals surface area contributed by atoms with Crippen LogP contribution in [0.15, 0.2) is 0 Å². The van der Waals surface area contributed by atoms with Gasteiger partial charge < -0.3 is 0 Å². The monoisotopic (exact) mass is 853 g/mol. The molecular formula is C54H108O6. The van der Waals surface area contributed by atoms with Gasteiger partial charge in [-0.2, -0.15) is 0 Å². The molecule has 0 amide bonds. The summed E-state index contributed by atoms with van der Waals surface area (Å²) in [7, 11) is 0. The summed E-state index contributed by atoms with van der Waals surface area (Å²) < 4.78 is 0. The molecule has 0 radical (unpaired) electrons. The third kappa shape index (κ3) is 62.7. The van der Waals surface area contributed by atoms with Crippen LogP contribution in [-0.2, 0) is 28.8 Å². The van der Waals surface area contributed by atoms with Crippen molar-refractivity contribution in [3.8, 4) is 0 Å². The van der Waals surface area contributed by atoms with Crippen molar-refractivity contribution < 1.29 is 28.8 Å². The molecular weight excluding hydrogens is 745 g/mol. The van der Waals surface area contributed by atoms with Crippen molar-refractivity contribution in [2.24, 2.45) is 35.5 Å². The zero-order valence-electron chi connectivity index (χ0n) is 43.9. The van der Waals surface area contributed by atoms with Crippen molar-refractivity contribution >= 4 is 34.7 Å². The summed E-state index contributed by atoms with van der Waals surface area (Å²) in [4.78, 5) is 64.4. The number of unbranched alkanes of at least 4 members (excludes halogenated alkanes) is 12. The molecule has 0 aliphatic rings. The predicted molar refractivity (Wildman–Crippen MR) is 264 cm³/mol. The first kappa shape index (κ1) is 69.7. The van der Waals surface area contributed by atoms with Crippen LogP contribution in [0.3, 0.4) is 0 Å². The van der Waals surface area contributed by atoms with Crippen molar-refractivity contribution in [3.63, 3.8) is 0 Å². The molecule has 0 aliphatic heterocycles. The second-order valence-electron chi connectivity index (χ2n) is 18.0. The van der Waals surface area contributed by atoms with Crippen LogP contribution < -0.4 is 0 Å². The van der Waals surface area contributed by atoms with Crippen LogP contribution in [0, 0.1) is 35.5 Å². The van der Waals surface area contributed by atoms with Gasteiger partial charge in [-0.25, -0.2) is 0 Å². The lowest BCUT2D eigenvalue weighted by atomic mass is 10.0. The molecule has 0 unspecified atom stereocenters. The summed E-state index contributed by atoms with van der Waals surface area (Å²) in [6.07, 6.45) is 28.7. The second-order valence-corrected chi connectivity index (χ2v) is 18.0. The Morgan fingerprint density at radius 3 is 0.400 bits per heavy atom. The van der Waals surface area contributed by atoms with Gasteiger partial charge in [-0.3, -0.25) is 28.8 Å². The molecule has 0 aromatic rings. The van der Waals surface area contributed by atoms with Crippen molar-refractivity contribution in [3.05, 3.63) is 0 Å². The smallest absolute Gasteiger partial charge is 0.132 e. The van der Waals surface area contributed by atoms with Gasteiger partial charge in [0.25, 0.3) is 0 Å². The number of hydrogen-bond donors (Lipinski definition) is 0. The van der Waals surface area contributed by atoms with E-state index in [0.29, 0.717) is 34.7 Å². The van der Waals surface area contributed by atoms with E-state index in [9.17, 15) is 28.8 Å². The Labute approximate surface area is 376 Å². The molecule has 0 aromatic heterocycles. The molecule has 0 heterocycles. The first-order chi connectivity index (χ1) is 28.1. The van der Waals surface area contributed by atoms with Crippen LogP contribution in [0.5, 0.6) is 0 Å². The lowest BCUT2D eigenvalue weighted by molar-refractivity contribution is -0.121. The highest BCUT2D eigenvalue weighted by atomic mass is 16.1. The van der Waals surface area contributed by atoms with Crippen LogP contribution in [0.1, 0.15) is 279 Å². The summed E-state index contributed by atoms with van der Waals surface area (Å²) in [6, 6.07) is 0. The average molecular weight is 853 g/mol. The van der Waals surface area contributed by atoms with Crippen molar-refractivity contribution in [1.82, 2.24) is 0 Å². The standard InChI is InChI=1S/6C9H18O/c6*1-4-5-6-7-8(2)9(3)10/h6*8H,4-7H2,1-3H3/t6*8-/m111111/s1. The fourth-order valence-corrected chi connectivity index (χ4v) is 5.42. The normalized spacial score (nSPS) is 13.1. The Balaban J connectivity index is -0.000000146. The number of rotatable bonds is 30. The minimum Gasteiger partial charge on any atom is -0.300 e. The molecule has 6 atom stereocenters. The van der Waals surface area contributed by atoms with E-state index < -0.39 is 0 Å². The van der Waals surface area contributed by atoms with E-state index in [1.54, 1.807) is 41.5 Å². The Hall–Kier alpha value is -1.98. The van der Waals surface area contributed by atoms with Gasteiger partial charge in [-0.05, 0) is 80.1 Å². The lowest BCUT2D eigenvalue weighted by Crippen LogP contribution is -2.05. The molecule has 0 saturated carbocycles. The van der Waals surface area contributed by atoms with Gasteiger partial charge in [-0.15, -0.1) is 0 Å². The van der Waals surface area contributed by atoms with E-state index in [1.807, 2.05) is 41.5 Å². The van der Waals surface area contributed by atoms with E-state index in [0.717, 1.165) is 38.5 Å². The Morgan fingerprint density at radius 2 is 0.333 bits per heavy atom. The quantitative estimate of drug-likeness (QED) is 0.0667. The molecule has 0 saturated heterocycles. The number of carbonyl (C=O) groups excluding carboxylic acids is 6. The van der Waals surface area contributed by atoms with Gasteiger partial charge >= 0.3 is 0 Å². The number of hydrogen-bond acceptors (Lipinski definition) is 6. The van der Waals surface area contributed by atoms with Crippen molar-refractivity contribution in [1.29, 1.82) is 0 Å². The zero-order chi connectivity index (χ0) is 47.9. The molecule has 0 spiro atoms. The topological polar surface area (TPSA) is 102 Å². The van der Waals surface area contributed by atoms with E-state index in [4.69, 9.17) is 0 Å². The number of carbonyl (C=O) groups is 6. The molecule has 0 N–H and O–H groups in total. The summed E-state index contributed by atoms with van der Waals surface area (Å²) >= 11 is 0. The third-order valence-electron chi connectivity index (χ3n) is 11.6. The third-order valence-corrected chi connectivity index (χ3v) is 11.6. The minimum absolute atomic E-state index is 0.284. The Morgan fingerprint density at radius 1 is 0.233 bits per heavy atom. The van der Waals surface area contributed by atoms with Crippen LogP contribution in [-0.4, -0.2) is 34.7 Å². The van der Waals surface area contributed by atoms with Gasteiger partial charge in [-0.1, -0.05) is 199 Å². The first-order valence-electron chi connectivity index (χ1n) is 25.1. The SMILES string of the molecule is CCCCC[C@@H](C)C(C)=O.CCCCC[C@@H](C)C(C)=O.CCCCC[C@@H](C)C(C)=O.CCCCC[C@@H](C)C(C)=O.CCCCC[C@@H](C)C(C)=O.CCCCC[C@@H](C)C(C)=O. The van der Waals surface area contributed by atoms with Gasteiger partial charge in [0.1, 0.15) is 34.7 Å². The van der Waals surface area contributed by atoms with E-state index in [1.165, 1.54) is 116 Å². The van der Waals surface area contributed by atoms with Crippen LogP contribution in [0.25, 0.3) is 0 Å². The highest BCUT2D eigenvalue weighted by Gasteiger charge is 2.09. The van der Waals surface area contributed by atoms with Gasteiger partial charge in [0.15, 0.2) is 0 Å². The summed E-state index contributed by atoms with van der Waals surface area (Å²) in [5.41, 5.74) is 0. The molecule has 0 aliphatic carbocycles. The van der Waals surface area contributed by atoms with Gasteiger partial charge in [0.05, 0.1) is 0 Å². The fourth-order valence-electron chi connectivity index (χ4n) is 5.42. The number of Topliss-reactive ketones (excluding diaryl/α,β-unsaturated/α-hetero) is 6. The van der Waals surface area contributed by atoms with Crippen LogP contribution in [0.2, 0.25) is 0 Å². The van der Waals surface area contributed by atoms with Crippen molar-refractivity contribution in [2.45, 2.75) is 279 Å². The van der Waals surface area contributed by atoms with Crippen LogP contribution >= 0.6 is 0 Å². The Kier molecular flexibility index (Phi) is 61.8. The molecule has 0 rings (SSSR count). The molecule has 60 heavy (non-hydrogen) atoms. The molecule has 0 aromatic carbocycles. The highest BCUT2D eigenvalue weighted by Crippen LogP contribution is 2.13. The zero-order valence-corrected chi connectivity index (χ0v) is 43.9. The summed E-state index contributed by atoms with van der Waals surface area (Å²) in [6.45, 7) is 35.2. The maximum absolute atomic E-state index is 10.7. The number of ketones is 6. The molecule has 360 valence electrons. The van der Waals surface area contributed by atoms with Gasteiger partial charge in [0, 0.05) is 35.5 Å². The minimum atomic E-state index is 0.284. The second kappa shape index (κ2) is 53.2.